The number of fused-ring (bicyclic) bond motifs is 3. The van der Waals surface area contributed by atoms with Crippen molar-refractivity contribution in [2.45, 2.75) is 18.8 Å². The monoisotopic (exact) mass is 420 g/mol. The lowest BCUT2D eigenvalue weighted by atomic mass is 9.95. The van der Waals surface area contributed by atoms with E-state index in [-0.39, 0.29) is 24.3 Å². The second kappa shape index (κ2) is 7.24. The van der Waals surface area contributed by atoms with Crippen LogP contribution in [-0.4, -0.2) is 29.4 Å². The van der Waals surface area contributed by atoms with Gasteiger partial charge in [-0.2, -0.15) is 13.2 Å². The zero-order chi connectivity index (χ0) is 21.6. The second-order valence-electron chi connectivity index (χ2n) is 7.03. The fourth-order valence-corrected chi connectivity index (χ4v) is 3.73. The molecule has 156 valence electrons. The molecule has 1 aliphatic heterocycles. The maximum atomic E-state index is 13.9. The second-order valence-corrected chi connectivity index (χ2v) is 7.03. The number of carbonyl (C=O) groups is 1. The molecule has 1 atom stereocenters. The van der Waals surface area contributed by atoms with E-state index in [1.54, 1.807) is 24.3 Å². The van der Waals surface area contributed by atoms with Crippen LogP contribution in [0.25, 0.3) is 10.8 Å². The summed E-state index contributed by atoms with van der Waals surface area (Å²) in [5.74, 6) is -2.18. The summed E-state index contributed by atoms with van der Waals surface area (Å²) in [5, 5.41) is 1.10. The number of hydrogen-bond acceptors (Lipinski definition) is 3. The highest BCUT2D eigenvalue weighted by atomic mass is 19.4. The Morgan fingerprint density at radius 2 is 1.87 bits per heavy atom. The molecule has 1 N–H and O–H groups in total. The normalized spacial score (nSPS) is 16.4. The Balaban J connectivity index is 1.75. The van der Waals surface area contributed by atoms with Crippen molar-refractivity contribution in [1.29, 1.82) is 0 Å². The Hall–Kier alpha value is -3.20. The molecule has 0 radical (unpaired) electrons. The third kappa shape index (κ3) is 3.35. The van der Waals surface area contributed by atoms with Crippen LogP contribution in [0.3, 0.4) is 0 Å². The Morgan fingerprint density at radius 3 is 2.53 bits per heavy atom. The van der Waals surface area contributed by atoms with Crippen LogP contribution in [0.1, 0.15) is 33.2 Å². The fourth-order valence-electron chi connectivity index (χ4n) is 3.73. The van der Waals surface area contributed by atoms with Gasteiger partial charge in [-0.05, 0) is 29.7 Å². The van der Waals surface area contributed by atoms with Gasteiger partial charge in [0.2, 0.25) is 0 Å². The summed E-state index contributed by atoms with van der Waals surface area (Å²) < 4.78 is 57.9. The lowest BCUT2D eigenvalue weighted by Gasteiger charge is -2.34. The number of nitrogens with one attached hydrogen (secondary N) is 1. The van der Waals surface area contributed by atoms with Crippen LogP contribution in [0, 0.1) is 5.82 Å². The van der Waals surface area contributed by atoms with Crippen LogP contribution in [0.5, 0.6) is 0 Å². The van der Waals surface area contributed by atoms with E-state index in [0.717, 1.165) is 6.07 Å². The molecule has 0 spiro atoms. The smallest absolute Gasteiger partial charge is 0.373 e. The summed E-state index contributed by atoms with van der Waals surface area (Å²) in [6, 6.07) is 8.37. The molecule has 30 heavy (non-hydrogen) atoms. The van der Waals surface area contributed by atoms with Gasteiger partial charge in [0.15, 0.2) is 0 Å². The first-order valence-electron chi connectivity index (χ1n) is 9.04. The van der Waals surface area contributed by atoms with Crippen molar-refractivity contribution in [3.63, 3.8) is 0 Å². The van der Waals surface area contributed by atoms with Gasteiger partial charge in [-0.25, -0.2) is 4.39 Å². The minimum Gasteiger partial charge on any atom is -0.373 e. The van der Waals surface area contributed by atoms with Crippen LogP contribution in [0.15, 0.2) is 47.3 Å². The van der Waals surface area contributed by atoms with E-state index in [1.165, 1.54) is 11.9 Å². The van der Waals surface area contributed by atoms with Crippen molar-refractivity contribution >= 4 is 16.7 Å². The SMILES string of the molecule is CN(C(=O)c1ccc(C(F)(F)F)c(F)c1)[C@H]1COCc2[nH]c(=O)c3ccccc3c21. The number of alkyl halides is 3. The molecule has 1 aromatic heterocycles. The zero-order valence-electron chi connectivity index (χ0n) is 15.7. The van der Waals surface area contributed by atoms with E-state index in [1.807, 2.05) is 0 Å². The topological polar surface area (TPSA) is 62.4 Å². The highest BCUT2D eigenvalue weighted by Crippen LogP contribution is 2.35. The molecular formula is C21H16F4N2O3. The Labute approximate surface area is 167 Å². The summed E-state index contributed by atoms with van der Waals surface area (Å²) in [4.78, 5) is 29.3. The van der Waals surface area contributed by atoms with Crippen LogP contribution in [-0.2, 0) is 17.5 Å². The number of carbonyl (C=O) groups excluding carboxylic acids is 1. The summed E-state index contributed by atoms with van der Waals surface area (Å²) >= 11 is 0. The largest absolute Gasteiger partial charge is 0.419 e. The molecule has 1 aliphatic rings. The highest BCUT2D eigenvalue weighted by molar-refractivity contribution is 5.95. The quantitative estimate of drug-likeness (QED) is 0.637. The number of nitrogens with zero attached hydrogens (tertiary/aromatic N) is 1. The number of amides is 1. The third-order valence-corrected chi connectivity index (χ3v) is 5.22. The highest BCUT2D eigenvalue weighted by Gasteiger charge is 2.35. The maximum absolute atomic E-state index is 13.9. The van der Waals surface area contributed by atoms with E-state index >= 15 is 0 Å². The Morgan fingerprint density at radius 1 is 1.17 bits per heavy atom. The molecule has 0 saturated carbocycles. The molecule has 3 aromatic rings. The summed E-state index contributed by atoms with van der Waals surface area (Å²) in [5.41, 5.74) is -0.722. The number of aromatic amines is 1. The molecular weight excluding hydrogens is 404 g/mol. The number of pyridine rings is 1. The molecule has 0 fully saturated rings. The number of ether oxygens (including phenoxy) is 1. The van der Waals surface area contributed by atoms with Crippen LogP contribution < -0.4 is 5.56 Å². The molecule has 2 aromatic carbocycles. The minimum atomic E-state index is -4.85. The van der Waals surface area contributed by atoms with Crippen LogP contribution in [0.4, 0.5) is 17.6 Å². The number of rotatable bonds is 2. The first-order chi connectivity index (χ1) is 14.2. The first kappa shape index (κ1) is 20.1. The van der Waals surface area contributed by atoms with Crippen molar-refractivity contribution in [3.8, 4) is 0 Å². The van der Waals surface area contributed by atoms with Gasteiger partial charge in [0.05, 0.1) is 24.8 Å². The van der Waals surface area contributed by atoms with E-state index in [4.69, 9.17) is 4.74 Å². The molecule has 9 heteroatoms. The molecule has 5 nitrogen and oxygen atoms in total. The van der Waals surface area contributed by atoms with Gasteiger partial charge in [-0.15, -0.1) is 0 Å². The van der Waals surface area contributed by atoms with Crippen LogP contribution >= 0.6 is 0 Å². The van der Waals surface area contributed by atoms with Gasteiger partial charge >= 0.3 is 6.18 Å². The molecule has 1 amide bonds. The van der Waals surface area contributed by atoms with E-state index in [0.29, 0.717) is 34.2 Å². The number of aromatic nitrogens is 1. The average molecular weight is 420 g/mol. The van der Waals surface area contributed by atoms with Crippen LogP contribution in [0.2, 0.25) is 0 Å². The standard InChI is InChI=1S/C21H16F4N2O3/c1-27(20(29)11-6-7-14(15(22)8-11)21(23,24)25)17-10-30-9-16-18(17)12-4-2-3-5-13(12)19(28)26-16/h2-8,17H,9-10H2,1H3,(H,26,28)/t17-/m0/s1. The number of hydrogen-bond donors (Lipinski definition) is 1. The van der Waals surface area contributed by atoms with Crippen molar-refractivity contribution in [2.75, 3.05) is 13.7 Å². The first-order valence-corrected chi connectivity index (χ1v) is 9.04. The Bertz CT molecular complexity index is 1200. The summed E-state index contributed by atoms with van der Waals surface area (Å²) in [6.45, 7) is 0.275. The molecule has 2 heterocycles. The number of H-pyrrole nitrogens is 1. The molecule has 0 aliphatic carbocycles. The van der Waals surface area contributed by atoms with Gasteiger partial charge in [0, 0.05) is 29.3 Å². The van der Waals surface area contributed by atoms with Crippen molar-refractivity contribution in [2.24, 2.45) is 0 Å². The molecule has 0 saturated heterocycles. The zero-order valence-corrected chi connectivity index (χ0v) is 15.7. The van der Waals surface area contributed by atoms with Gasteiger partial charge in [0.25, 0.3) is 11.5 Å². The summed E-state index contributed by atoms with van der Waals surface area (Å²) in [6.07, 6.45) is -4.85. The molecule has 0 unspecified atom stereocenters. The molecule has 4 rings (SSSR count). The number of likely N-dealkylation sites (N-methyl/N-ethyl adjacent to an activating group) is 1. The lowest BCUT2D eigenvalue weighted by Crippen LogP contribution is -2.37. The number of halogens is 4. The van der Waals surface area contributed by atoms with Gasteiger partial charge in [-0.1, -0.05) is 18.2 Å². The van der Waals surface area contributed by atoms with Gasteiger partial charge in [0.1, 0.15) is 5.82 Å². The fraction of sp³-hybridized carbons (Fsp3) is 0.238. The maximum Gasteiger partial charge on any atom is 0.419 e. The van der Waals surface area contributed by atoms with Gasteiger partial charge in [-0.3, -0.25) is 9.59 Å². The van der Waals surface area contributed by atoms with E-state index < -0.39 is 29.5 Å². The minimum absolute atomic E-state index is 0.119. The predicted octanol–water partition coefficient (Wildman–Crippen LogP) is 4.03. The van der Waals surface area contributed by atoms with Crippen molar-refractivity contribution in [1.82, 2.24) is 9.88 Å². The lowest BCUT2D eigenvalue weighted by molar-refractivity contribution is -0.140. The predicted molar refractivity (Wildman–Crippen MR) is 100 cm³/mol. The number of benzene rings is 2. The van der Waals surface area contributed by atoms with Crippen molar-refractivity contribution in [3.05, 3.63) is 81.0 Å². The average Bonchev–Trinajstić information content (AvgIpc) is 2.71. The van der Waals surface area contributed by atoms with Gasteiger partial charge < -0.3 is 14.6 Å². The van der Waals surface area contributed by atoms with E-state index in [2.05, 4.69) is 4.98 Å². The van der Waals surface area contributed by atoms with Crippen molar-refractivity contribution < 1.29 is 27.1 Å². The van der Waals surface area contributed by atoms with E-state index in [9.17, 15) is 27.2 Å². The third-order valence-electron chi connectivity index (χ3n) is 5.22. The summed E-state index contributed by atoms with van der Waals surface area (Å²) in [7, 11) is 1.46. The Kier molecular flexibility index (Phi) is 4.85. The molecule has 0 bridgehead atoms.